The van der Waals surface area contributed by atoms with E-state index in [9.17, 15) is 9.59 Å². The molecule has 4 N–H and O–H groups in total. The van der Waals surface area contributed by atoms with Crippen LogP contribution in [0.4, 0.5) is 5.69 Å². The van der Waals surface area contributed by atoms with Gasteiger partial charge in [0.25, 0.3) is 5.91 Å². The number of anilines is 1. The summed E-state index contributed by atoms with van der Waals surface area (Å²) in [4.78, 5) is 25.4. The number of hydrogen-bond donors (Lipinski definition) is 3. The van der Waals surface area contributed by atoms with E-state index in [-0.39, 0.29) is 43.7 Å². The molecule has 0 spiro atoms. The molecule has 0 bridgehead atoms. The van der Waals surface area contributed by atoms with E-state index in [1.807, 2.05) is 58.9 Å². The van der Waals surface area contributed by atoms with Crippen molar-refractivity contribution in [3.63, 3.8) is 0 Å². The standard InChI is InChI=1S/C16H23N4OS.C8H15N2O2.2C2H6.W/c1-10(17)14(11(2)20(18)22)15(21)19-13-8-6-12(7-9-13)16(3,4)5;1-2-12-8(11)7-10-5-3-9-4-6-10;2*1-2;/h6-9,17H,18H2,1-5H3,(H,19,21);2-7H2,1H3;2*1-2H3;/q2*-1;;;+2/b14-11-,17-10?;;;;. The van der Waals surface area contributed by atoms with E-state index < -0.39 is 5.91 Å². The zero-order valence-electron chi connectivity index (χ0n) is 25.5. The number of rotatable bonds is 7. The van der Waals surface area contributed by atoms with Crippen LogP contribution in [0.15, 0.2) is 35.5 Å². The third kappa shape index (κ3) is 17.6. The minimum absolute atomic E-state index is 0. The van der Waals surface area contributed by atoms with Crippen molar-refractivity contribution in [3.05, 3.63) is 46.4 Å². The van der Waals surface area contributed by atoms with Gasteiger partial charge in [0.15, 0.2) is 0 Å². The Kier molecular flexibility index (Phi) is 24.7. The van der Waals surface area contributed by atoms with Crippen molar-refractivity contribution in [2.45, 2.75) is 74.7 Å². The van der Waals surface area contributed by atoms with Crippen LogP contribution in [0, 0.1) is 5.41 Å². The maximum absolute atomic E-state index is 12.3. The molecule has 1 aliphatic rings. The molecule has 1 saturated heterocycles. The van der Waals surface area contributed by atoms with Gasteiger partial charge in [-0.1, -0.05) is 60.6 Å². The first-order chi connectivity index (χ1) is 17.9. The van der Waals surface area contributed by atoms with Crippen LogP contribution in [-0.4, -0.2) is 66.2 Å². The van der Waals surface area contributed by atoms with Gasteiger partial charge < -0.3 is 38.0 Å². The third-order valence-electron chi connectivity index (χ3n) is 5.11. The largest absolute Gasteiger partial charge is 2.00 e. The molecule has 9 nitrogen and oxygen atoms in total. The summed E-state index contributed by atoms with van der Waals surface area (Å²) >= 11 is 4.82. The van der Waals surface area contributed by atoms with Gasteiger partial charge in [-0.2, -0.15) is 0 Å². The summed E-state index contributed by atoms with van der Waals surface area (Å²) in [5.74, 6) is 4.97. The zero-order chi connectivity index (χ0) is 29.9. The smallest absolute Gasteiger partial charge is 0.660 e. The fourth-order valence-corrected chi connectivity index (χ4v) is 3.25. The molecule has 1 heterocycles. The second-order valence-electron chi connectivity index (χ2n) is 8.94. The van der Waals surface area contributed by atoms with Gasteiger partial charge in [-0.25, -0.2) is 0 Å². The summed E-state index contributed by atoms with van der Waals surface area (Å²) < 4.78 is 5.76. The van der Waals surface area contributed by atoms with Crippen LogP contribution < -0.4 is 11.2 Å². The summed E-state index contributed by atoms with van der Waals surface area (Å²) in [7, 11) is 0. The van der Waals surface area contributed by atoms with Crippen LogP contribution in [0.3, 0.4) is 0 Å². The average Bonchev–Trinajstić information content (AvgIpc) is 2.87. The SMILES string of the molecule is CC.CC.CC(=N)/C(C(=O)Nc1ccc(C(C)(C)C)cc1)=C(\C)N(N)[S-].CCOC(=O)CN1CC[N-]CC1.[W+2]. The Morgan fingerprint density at radius 1 is 1.10 bits per heavy atom. The number of benzene rings is 1. The quantitative estimate of drug-likeness (QED) is 0.0883. The normalized spacial score (nSPS) is 13.2. The number of hydrazine groups is 1. The summed E-state index contributed by atoms with van der Waals surface area (Å²) in [6, 6.07) is 7.65. The first-order valence-corrected chi connectivity index (χ1v) is 13.6. The maximum atomic E-state index is 12.3. The molecule has 1 fully saturated rings. The molecular weight excluding hydrogens is 684 g/mol. The molecule has 0 radical (unpaired) electrons. The maximum Gasteiger partial charge on any atom is 2.00 e. The first kappa shape index (κ1) is 41.8. The number of amides is 1. The number of carbonyl (C=O) groups is 2. The van der Waals surface area contributed by atoms with E-state index in [1.54, 1.807) is 6.92 Å². The number of ether oxygens (including phenoxy) is 1. The van der Waals surface area contributed by atoms with E-state index in [0.717, 1.165) is 30.6 Å². The fraction of sp³-hybridized carbons (Fsp3) is 0.607. The molecule has 0 atom stereocenters. The van der Waals surface area contributed by atoms with Crippen LogP contribution in [0.2, 0.25) is 0 Å². The molecule has 0 aromatic heterocycles. The second kappa shape index (κ2) is 23.0. The van der Waals surface area contributed by atoms with Crippen LogP contribution in [0.25, 0.3) is 5.32 Å². The number of piperazine rings is 1. The molecule has 1 amide bonds. The van der Waals surface area contributed by atoms with Crippen molar-refractivity contribution in [3.8, 4) is 0 Å². The molecule has 1 aromatic rings. The van der Waals surface area contributed by atoms with E-state index in [1.165, 1.54) is 12.5 Å². The van der Waals surface area contributed by atoms with Gasteiger partial charge in [0.2, 0.25) is 0 Å². The van der Waals surface area contributed by atoms with E-state index in [2.05, 4.69) is 36.3 Å². The molecule has 1 aliphatic heterocycles. The molecule has 2 rings (SSSR count). The average molecular weight is 735 g/mol. The molecule has 39 heavy (non-hydrogen) atoms. The zero-order valence-corrected chi connectivity index (χ0v) is 29.3. The van der Waals surface area contributed by atoms with Gasteiger partial charge in [0.1, 0.15) is 0 Å². The van der Waals surface area contributed by atoms with Crippen LogP contribution >= 0.6 is 0 Å². The van der Waals surface area contributed by atoms with Crippen molar-refractivity contribution in [1.82, 2.24) is 9.31 Å². The van der Waals surface area contributed by atoms with Crippen molar-refractivity contribution in [1.29, 1.82) is 5.41 Å². The summed E-state index contributed by atoms with van der Waals surface area (Å²) in [5, 5.41) is 14.7. The Hall–Kier alpha value is -1.71. The monoisotopic (exact) mass is 734 g/mol. The van der Waals surface area contributed by atoms with E-state index in [0.29, 0.717) is 24.5 Å². The molecule has 0 unspecified atom stereocenters. The summed E-state index contributed by atoms with van der Waals surface area (Å²) in [6.45, 7) is 23.7. The predicted molar refractivity (Wildman–Crippen MR) is 162 cm³/mol. The molecule has 222 valence electrons. The fourth-order valence-electron chi connectivity index (χ4n) is 3.16. The van der Waals surface area contributed by atoms with Crippen LogP contribution in [0.5, 0.6) is 0 Å². The Bertz CT molecular complexity index is 865. The molecular formula is C28H50N6O3SW. The van der Waals surface area contributed by atoms with E-state index in [4.69, 9.17) is 28.8 Å². The summed E-state index contributed by atoms with van der Waals surface area (Å²) in [6.07, 6.45) is 0. The Morgan fingerprint density at radius 2 is 1.59 bits per heavy atom. The third-order valence-corrected chi connectivity index (χ3v) is 5.38. The minimum atomic E-state index is -0.395. The molecule has 1 aromatic carbocycles. The van der Waals surface area contributed by atoms with Crippen LogP contribution in [0.1, 0.15) is 74.8 Å². The number of nitrogens with zero attached hydrogens (tertiary/aromatic N) is 3. The Morgan fingerprint density at radius 3 is 1.97 bits per heavy atom. The number of hydrogen-bond acceptors (Lipinski definition) is 8. The summed E-state index contributed by atoms with van der Waals surface area (Å²) in [5.41, 5.74) is 2.56. The van der Waals surface area contributed by atoms with E-state index >= 15 is 0 Å². The number of nitrogens with two attached hydrogens (primary N) is 1. The number of nitrogens with one attached hydrogen (secondary N) is 2. The van der Waals surface area contributed by atoms with Gasteiger partial charge in [0, 0.05) is 17.1 Å². The van der Waals surface area contributed by atoms with Gasteiger partial charge in [0.05, 0.1) is 18.7 Å². The van der Waals surface area contributed by atoms with Crippen molar-refractivity contribution in [2.24, 2.45) is 5.84 Å². The molecule has 0 aliphatic carbocycles. The van der Waals surface area contributed by atoms with Crippen LogP contribution in [-0.2, 0) is 53.6 Å². The predicted octanol–water partition coefficient (Wildman–Crippen LogP) is 5.16. The number of carbonyl (C=O) groups excluding carboxylic acids is 2. The van der Waals surface area contributed by atoms with Crippen molar-refractivity contribution < 1.29 is 35.4 Å². The number of esters is 1. The second-order valence-corrected chi connectivity index (χ2v) is 9.34. The van der Waals surface area contributed by atoms with Gasteiger partial charge in [-0.05, 0) is 57.0 Å². The van der Waals surface area contributed by atoms with Gasteiger partial charge >= 0.3 is 27.0 Å². The topological polar surface area (TPSA) is 126 Å². The Balaban J connectivity index is -0.000000645. The van der Waals surface area contributed by atoms with Crippen molar-refractivity contribution >= 4 is 36.1 Å². The van der Waals surface area contributed by atoms with Gasteiger partial charge in [-0.15, -0.1) is 13.1 Å². The molecule has 0 saturated carbocycles. The molecule has 11 heteroatoms. The number of allylic oxidation sites excluding steroid dienone is 1. The van der Waals surface area contributed by atoms with Gasteiger partial charge in [-0.3, -0.25) is 20.3 Å². The Labute approximate surface area is 257 Å². The minimum Gasteiger partial charge on any atom is -0.660 e. The first-order valence-electron chi connectivity index (χ1n) is 13.3. The van der Waals surface area contributed by atoms with Crippen molar-refractivity contribution in [2.75, 3.05) is 44.6 Å².